The first kappa shape index (κ1) is 23.8. The maximum atomic E-state index is 11.5. The topological polar surface area (TPSA) is 86.7 Å². The average molecular weight is 392 g/mol. The summed E-state index contributed by atoms with van der Waals surface area (Å²) in [4.78, 5) is 45.5. The normalized spacial score (nSPS) is 29.3. The Labute approximate surface area is 167 Å². The van der Waals surface area contributed by atoms with E-state index in [0.717, 1.165) is 0 Å². The molecule has 2 atom stereocenters. The number of methoxy groups -OCH3 is 2. The Balaban J connectivity index is 0.000000280. The number of carbonyl (C=O) groups excluding carboxylic acids is 4. The second-order valence-electron chi connectivity index (χ2n) is 8.99. The summed E-state index contributed by atoms with van der Waals surface area (Å²) in [6, 6.07) is 0. The number of ketones is 2. The van der Waals surface area contributed by atoms with E-state index in [-0.39, 0.29) is 36.3 Å². The molecule has 0 aromatic heterocycles. The number of ether oxygens (including phenoxy) is 2. The van der Waals surface area contributed by atoms with E-state index in [2.05, 4.69) is 9.47 Å². The van der Waals surface area contributed by atoms with Gasteiger partial charge in [-0.05, 0) is 12.2 Å². The second-order valence-corrected chi connectivity index (χ2v) is 8.99. The Morgan fingerprint density at radius 1 is 0.714 bits per heavy atom. The van der Waals surface area contributed by atoms with Crippen molar-refractivity contribution in [2.75, 3.05) is 14.2 Å². The van der Waals surface area contributed by atoms with Crippen LogP contribution in [0, 0.1) is 21.7 Å². The van der Waals surface area contributed by atoms with Crippen LogP contribution < -0.4 is 0 Å². The van der Waals surface area contributed by atoms with Crippen molar-refractivity contribution in [3.8, 4) is 0 Å². The summed E-state index contributed by atoms with van der Waals surface area (Å²) in [5, 5.41) is 0. The van der Waals surface area contributed by atoms with Crippen LogP contribution in [0.3, 0.4) is 0 Å². The first-order valence-corrected chi connectivity index (χ1v) is 9.28. The van der Waals surface area contributed by atoms with E-state index in [1.54, 1.807) is 12.2 Å². The van der Waals surface area contributed by atoms with Crippen LogP contribution in [-0.4, -0.2) is 37.7 Å². The van der Waals surface area contributed by atoms with Gasteiger partial charge in [0.1, 0.15) is 0 Å². The van der Waals surface area contributed by atoms with Gasteiger partial charge in [-0.15, -0.1) is 0 Å². The highest BCUT2D eigenvalue weighted by Crippen LogP contribution is 2.49. The lowest BCUT2D eigenvalue weighted by atomic mass is 9.67. The first-order valence-electron chi connectivity index (χ1n) is 9.28. The lowest BCUT2D eigenvalue weighted by Gasteiger charge is -2.35. The standard InChI is InChI=1S/2C11H16O3/c2*1-10(2)8(12)5-6-11(10,3)7-9(13)14-4/h2*5-6H,7H2,1-4H3/t2*11-/m10/s1. The molecular weight excluding hydrogens is 360 g/mol. The van der Waals surface area contributed by atoms with E-state index in [1.165, 1.54) is 14.2 Å². The van der Waals surface area contributed by atoms with Gasteiger partial charge in [0.15, 0.2) is 11.6 Å². The summed E-state index contributed by atoms with van der Waals surface area (Å²) in [5.41, 5.74) is -1.86. The van der Waals surface area contributed by atoms with Gasteiger partial charge in [0.25, 0.3) is 0 Å². The molecule has 0 spiro atoms. The van der Waals surface area contributed by atoms with Gasteiger partial charge in [0.05, 0.1) is 27.1 Å². The Morgan fingerprint density at radius 2 is 1.00 bits per heavy atom. The minimum absolute atomic E-state index is 0.0731. The molecule has 6 nitrogen and oxygen atoms in total. The van der Waals surface area contributed by atoms with Crippen molar-refractivity contribution in [1.82, 2.24) is 0 Å². The monoisotopic (exact) mass is 392 g/mol. The van der Waals surface area contributed by atoms with Crippen LogP contribution in [0.4, 0.5) is 0 Å². The molecule has 0 heterocycles. The van der Waals surface area contributed by atoms with E-state index in [1.807, 2.05) is 53.7 Å². The lowest BCUT2D eigenvalue weighted by molar-refractivity contribution is -0.146. The van der Waals surface area contributed by atoms with Crippen molar-refractivity contribution >= 4 is 23.5 Å². The first-order chi connectivity index (χ1) is 12.7. The van der Waals surface area contributed by atoms with E-state index in [9.17, 15) is 19.2 Å². The van der Waals surface area contributed by atoms with Crippen LogP contribution >= 0.6 is 0 Å². The maximum Gasteiger partial charge on any atom is 0.306 e. The summed E-state index contributed by atoms with van der Waals surface area (Å²) >= 11 is 0. The number of hydrogen-bond donors (Lipinski definition) is 0. The zero-order valence-electron chi connectivity index (χ0n) is 18.2. The van der Waals surface area contributed by atoms with Crippen LogP contribution in [0.5, 0.6) is 0 Å². The molecule has 0 aliphatic heterocycles. The van der Waals surface area contributed by atoms with Gasteiger partial charge in [-0.25, -0.2) is 0 Å². The fraction of sp³-hybridized carbons (Fsp3) is 0.636. The molecule has 0 amide bonds. The zero-order chi connectivity index (χ0) is 22.0. The van der Waals surface area contributed by atoms with Gasteiger partial charge in [0, 0.05) is 21.7 Å². The quantitative estimate of drug-likeness (QED) is 0.681. The predicted octanol–water partition coefficient (Wildman–Crippen LogP) is 3.44. The molecule has 0 fully saturated rings. The van der Waals surface area contributed by atoms with Crippen molar-refractivity contribution in [1.29, 1.82) is 0 Å². The Bertz CT molecular complexity index is 665. The van der Waals surface area contributed by atoms with Crippen LogP contribution in [0.25, 0.3) is 0 Å². The van der Waals surface area contributed by atoms with E-state index >= 15 is 0 Å². The molecule has 0 unspecified atom stereocenters. The molecule has 156 valence electrons. The van der Waals surface area contributed by atoms with Crippen molar-refractivity contribution in [3.63, 3.8) is 0 Å². The predicted molar refractivity (Wildman–Crippen MR) is 105 cm³/mol. The summed E-state index contributed by atoms with van der Waals surface area (Å²) in [7, 11) is 2.72. The molecular formula is C22H32O6. The van der Waals surface area contributed by atoms with Gasteiger partial charge in [0.2, 0.25) is 0 Å². The molecule has 2 rings (SSSR count). The number of allylic oxidation sites excluding steroid dienone is 4. The molecule has 0 N–H and O–H groups in total. The molecule has 0 bridgehead atoms. The number of hydrogen-bond acceptors (Lipinski definition) is 6. The number of esters is 2. The van der Waals surface area contributed by atoms with Crippen molar-refractivity contribution in [3.05, 3.63) is 24.3 Å². The zero-order valence-corrected chi connectivity index (χ0v) is 18.2. The van der Waals surface area contributed by atoms with E-state index in [0.29, 0.717) is 0 Å². The van der Waals surface area contributed by atoms with Gasteiger partial charge in [-0.2, -0.15) is 0 Å². The largest absolute Gasteiger partial charge is 0.469 e. The molecule has 2 aliphatic rings. The molecule has 0 aromatic rings. The second kappa shape index (κ2) is 8.02. The summed E-state index contributed by atoms with van der Waals surface area (Å²) < 4.78 is 9.24. The third kappa shape index (κ3) is 4.26. The van der Waals surface area contributed by atoms with E-state index in [4.69, 9.17) is 0 Å². The van der Waals surface area contributed by atoms with Gasteiger partial charge in [-0.3, -0.25) is 19.2 Å². The van der Waals surface area contributed by atoms with Crippen LogP contribution in [-0.2, 0) is 28.7 Å². The third-order valence-corrected chi connectivity index (χ3v) is 6.77. The molecule has 0 radical (unpaired) electrons. The number of rotatable bonds is 4. The Morgan fingerprint density at radius 3 is 1.18 bits per heavy atom. The molecule has 2 aliphatic carbocycles. The fourth-order valence-corrected chi connectivity index (χ4v) is 3.22. The summed E-state index contributed by atoms with van der Waals surface area (Å²) in [5.74, 6) is -0.410. The molecule has 6 heteroatoms. The van der Waals surface area contributed by atoms with Crippen molar-refractivity contribution < 1.29 is 28.7 Å². The summed E-state index contributed by atoms with van der Waals surface area (Å²) in [6.45, 7) is 11.3. The van der Waals surface area contributed by atoms with Gasteiger partial charge >= 0.3 is 11.9 Å². The molecule has 28 heavy (non-hydrogen) atoms. The maximum absolute atomic E-state index is 11.5. The fourth-order valence-electron chi connectivity index (χ4n) is 3.22. The van der Waals surface area contributed by atoms with Gasteiger partial charge in [-0.1, -0.05) is 53.7 Å². The van der Waals surface area contributed by atoms with Crippen molar-refractivity contribution in [2.45, 2.75) is 54.4 Å². The molecule has 0 aromatic carbocycles. The molecule has 0 saturated carbocycles. The minimum atomic E-state index is -0.513. The summed E-state index contributed by atoms with van der Waals surface area (Å²) in [6.07, 6.45) is 7.24. The Kier molecular flexibility index (Phi) is 6.81. The SMILES string of the molecule is COC(=O)C[C@@]1(C)C=CC(=O)C1(C)C.COC(=O)C[C@]1(C)C=CC(=O)C1(C)C. The Hall–Kier alpha value is -2.24. The third-order valence-electron chi connectivity index (χ3n) is 6.77. The lowest BCUT2D eigenvalue weighted by Crippen LogP contribution is -2.37. The highest BCUT2D eigenvalue weighted by atomic mass is 16.5. The number of carbonyl (C=O) groups is 4. The van der Waals surface area contributed by atoms with E-state index < -0.39 is 21.7 Å². The smallest absolute Gasteiger partial charge is 0.306 e. The van der Waals surface area contributed by atoms with Gasteiger partial charge < -0.3 is 9.47 Å². The van der Waals surface area contributed by atoms with Crippen LogP contribution in [0.2, 0.25) is 0 Å². The minimum Gasteiger partial charge on any atom is -0.469 e. The average Bonchev–Trinajstić information content (AvgIpc) is 2.94. The van der Waals surface area contributed by atoms with Crippen LogP contribution in [0.1, 0.15) is 54.4 Å². The van der Waals surface area contributed by atoms with Crippen LogP contribution in [0.15, 0.2) is 24.3 Å². The highest BCUT2D eigenvalue weighted by molar-refractivity contribution is 5.99. The highest BCUT2D eigenvalue weighted by Gasteiger charge is 2.49. The molecule has 0 saturated heterocycles. The van der Waals surface area contributed by atoms with Crippen molar-refractivity contribution in [2.24, 2.45) is 21.7 Å².